The van der Waals surface area contributed by atoms with Crippen LogP contribution in [0, 0.1) is 0 Å². The smallest absolute Gasteiger partial charge is 0.262 e. The highest BCUT2D eigenvalue weighted by Crippen LogP contribution is 2.33. The van der Waals surface area contributed by atoms with Crippen LogP contribution in [0.2, 0.25) is 10.0 Å². The molecule has 1 heterocycles. The number of ketones is 1. The maximum atomic E-state index is 13.1. The van der Waals surface area contributed by atoms with Crippen LogP contribution in [-0.2, 0) is 4.79 Å². The van der Waals surface area contributed by atoms with Gasteiger partial charge in [-0.1, -0.05) is 35.3 Å². The fourth-order valence-electron chi connectivity index (χ4n) is 3.11. The van der Waals surface area contributed by atoms with Crippen molar-refractivity contribution in [1.29, 1.82) is 0 Å². The van der Waals surface area contributed by atoms with Gasteiger partial charge >= 0.3 is 0 Å². The molecule has 0 unspecified atom stereocenters. The molecule has 0 fully saturated rings. The molecule has 0 saturated heterocycles. The number of hydrogen-bond acceptors (Lipinski definition) is 5. The van der Waals surface area contributed by atoms with Gasteiger partial charge in [-0.15, -0.1) is 0 Å². The third-order valence-corrected chi connectivity index (χ3v) is 5.20. The summed E-state index contributed by atoms with van der Waals surface area (Å²) in [7, 11) is 1.54. The van der Waals surface area contributed by atoms with E-state index in [4.69, 9.17) is 37.1 Å². The summed E-state index contributed by atoms with van der Waals surface area (Å²) in [5.41, 5.74) is 1.14. The van der Waals surface area contributed by atoms with E-state index in [1.165, 1.54) is 6.07 Å². The summed E-state index contributed by atoms with van der Waals surface area (Å²) < 4.78 is 16.4. The molecule has 8 heteroatoms. The number of carbonyl (C=O) groups is 2. The standard InChI is InChI=1S/C24H17Cl2NO5/c1-30-16-9-6-14(7-10-16)23(29)24-22(17-4-2-3-5-19(17)32-24)27-21(28)13-31-20-11-8-15(25)12-18(20)26/h2-12H,13H2,1H3,(H,27,28). The van der Waals surface area contributed by atoms with E-state index in [0.717, 1.165) is 0 Å². The average Bonchev–Trinajstić information content (AvgIpc) is 3.16. The van der Waals surface area contributed by atoms with Crippen molar-refractivity contribution in [2.45, 2.75) is 0 Å². The topological polar surface area (TPSA) is 77.8 Å². The maximum Gasteiger partial charge on any atom is 0.262 e. The molecule has 32 heavy (non-hydrogen) atoms. The van der Waals surface area contributed by atoms with Gasteiger partial charge < -0.3 is 19.2 Å². The number of methoxy groups -OCH3 is 1. The molecule has 0 radical (unpaired) electrons. The summed E-state index contributed by atoms with van der Waals surface area (Å²) in [4.78, 5) is 25.8. The van der Waals surface area contributed by atoms with Gasteiger partial charge in [-0.3, -0.25) is 9.59 Å². The van der Waals surface area contributed by atoms with Crippen molar-refractivity contribution in [2.75, 3.05) is 19.0 Å². The van der Waals surface area contributed by atoms with Gasteiger partial charge in [-0.25, -0.2) is 0 Å². The van der Waals surface area contributed by atoms with Crippen LogP contribution in [0.3, 0.4) is 0 Å². The van der Waals surface area contributed by atoms with E-state index in [2.05, 4.69) is 5.32 Å². The molecule has 1 N–H and O–H groups in total. The Labute approximate surface area is 193 Å². The SMILES string of the molecule is COc1ccc(C(=O)c2oc3ccccc3c2NC(=O)COc2ccc(Cl)cc2Cl)cc1. The molecule has 0 aliphatic heterocycles. The van der Waals surface area contributed by atoms with Crippen molar-refractivity contribution in [3.8, 4) is 11.5 Å². The lowest BCUT2D eigenvalue weighted by atomic mass is 10.1. The maximum absolute atomic E-state index is 13.1. The number of carbonyl (C=O) groups excluding carboxylic acids is 2. The number of nitrogens with one attached hydrogen (secondary N) is 1. The molecule has 4 aromatic rings. The molecule has 1 aromatic heterocycles. The van der Waals surface area contributed by atoms with Crippen molar-refractivity contribution < 1.29 is 23.5 Å². The van der Waals surface area contributed by atoms with Crippen LogP contribution in [0.5, 0.6) is 11.5 Å². The summed E-state index contributed by atoms with van der Waals surface area (Å²) in [6.45, 7) is -0.322. The van der Waals surface area contributed by atoms with Gasteiger partial charge in [-0.2, -0.15) is 0 Å². The Kier molecular flexibility index (Phi) is 6.35. The van der Waals surface area contributed by atoms with E-state index < -0.39 is 5.91 Å². The van der Waals surface area contributed by atoms with Crippen LogP contribution in [0.25, 0.3) is 11.0 Å². The van der Waals surface area contributed by atoms with E-state index in [1.54, 1.807) is 67.8 Å². The normalized spacial score (nSPS) is 10.7. The molecule has 0 aliphatic carbocycles. The number of hydrogen-bond donors (Lipinski definition) is 1. The number of halogens is 2. The minimum Gasteiger partial charge on any atom is -0.497 e. The van der Waals surface area contributed by atoms with Crippen molar-refractivity contribution in [3.05, 3.63) is 88.1 Å². The first-order chi connectivity index (χ1) is 15.5. The Morgan fingerprint density at radius 2 is 1.75 bits per heavy atom. The van der Waals surface area contributed by atoms with Crippen molar-refractivity contribution >= 4 is 51.5 Å². The first-order valence-corrected chi connectivity index (χ1v) is 10.3. The second kappa shape index (κ2) is 9.34. The monoisotopic (exact) mass is 469 g/mol. The summed E-state index contributed by atoms with van der Waals surface area (Å²) in [5, 5.41) is 4.08. The zero-order valence-electron chi connectivity index (χ0n) is 16.9. The number of fused-ring (bicyclic) bond motifs is 1. The molecule has 0 spiro atoms. The number of para-hydroxylation sites is 1. The van der Waals surface area contributed by atoms with E-state index >= 15 is 0 Å². The lowest BCUT2D eigenvalue weighted by molar-refractivity contribution is -0.118. The van der Waals surface area contributed by atoms with E-state index in [1.807, 2.05) is 0 Å². The number of amides is 1. The minimum atomic E-state index is -0.480. The predicted octanol–water partition coefficient (Wildman–Crippen LogP) is 6.00. The lowest BCUT2D eigenvalue weighted by Gasteiger charge is -2.09. The Balaban J connectivity index is 1.59. The van der Waals surface area contributed by atoms with Gasteiger partial charge in [0.1, 0.15) is 17.1 Å². The molecule has 6 nitrogen and oxygen atoms in total. The molecule has 0 aliphatic rings. The Hall–Kier alpha value is -3.48. The van der Waals surface area contributed by atoms with Crippen LogP contribution in [0.15, 0.2) is 71.1 Å². The molecule has 0 saturated carbocycles. The van der Waals surface area contributed by atoms with Crippen molar-refractivity contribution in [1.82, 2.24) is 0 Å². The molecular formula is C24H17Cl2NO5. The zero-order chi connectivity index (χ0) is 22.7. The summed E-state index contributed by atoms with van der Waals surface area (Å²) in [6.07, 6.45) is 0. The molecule has 0 atom stereocenters. The Morgan fingerprint density at radius 1 is 1.00 bits per heavy atom. The van der Waals surface area contributed by atoms with Gasteiger partial charge in [0.15, 0.2) is 12.4 Å². The highest BCUT2D eigenvalue weighted by Gasteiger charge is 2.23. The molecule has 3 aromatic carbocycles. The van der Waals surface area contributed by atoms with Crippen molar-refractivity contribution in [2.24, 2.45) is 0 Å². The Morgan fingerprint density at radius 3 is 2.47 bits per heavy atom. The van der Waals surface area contributed by atoms with Gasteiger partial charge in [-0.05, 0) is 54.6 Å². The van der Waals surface area contributed by atoms with Crippen LogP contribution in [0.4, 0.5) is 5.69 Å². The fourth-order valence-corrected chi connectivity index (χ4v) is 3.58. The first-order valence-electron chi connectivity index (χ1n) is 9.54. The molecule has 4 rings (SSSR count). The fraction of sp³-hybridized carbons (Fsp3) is 0.0833. The lowest BCUT2D eigenvalue weighted by Crippen LogP contribution is -2.21. The van der Waals surface area contributed by atoms with Crippen molar-refractivity contribution in [3.63, 3.8) is 0 Å². The second-order valence-electron chi connectivity index (χ2n) is 6.77. The van der Waals surface area contributed by atoms with Gasteiger partial charge in [0, 0.05) is 16.0 Å². The number of rotatable bonds is 7. The van der Waals surface area contributed by atoms with Gasteiger partial charge in [0.05, 0.1) is 17.8 Å². The van der Waals surface area contributed by atoms with Crippen LogP contribution >= 0.6 is 23.2 Å². The highest BCUT2D eigenvalue weighted by molar-refractivity contribution is 6.35. The minimum absolute atomic E-state index is 0.0224. The second-order valence-corrected chi connectivity index (χ2v) is 7.62. The van der Waals surface area contributed by atoms with Crippen LogP contribution in [0.1, 0.15) is 16.1 Å². The highest BCUT2D eigenvalue weighted by atomic mass is 35.5. The van der Waals surface area contributed by atoms with Gasteiger partial charge in [0.2, 0.25) is 5.78 Å². The largest absolute Gasteiger partial charge is 0.497 e. The van der Waals surface area contributed by atoms with E-state index in [-0.39, 0.29) is 28.9 Å². The zero-order valence-corrected chi connectivity index (χ0v) is 18.4. The number of ether oxygens (including phenoxy) is 2. The summed E-state index contributed by atoms with van der Waals surface area (Å²) in [6, 6.07) is 18.4. The molecule has 0 bridgehead atoms. The predicted molar refractivity (Wildman–Crippen MR) is 123 cm³/mol. The van der Waals surface area contributed by atoms with E-state index in [9.17, 15) is 9.59 Å². The summed E-state index contributed by atoms with van der Waals surface area (Å²) >= 11 is 12.0. The van der Waals surface area contributed by atoms with Crippen LogP contribution in [-0.4, -0.2) is 25.4 Å². The third kappa shape index (κ3) is 4.56. The number of benzene rings is 3. The Bertz CT molecular complexity index is 1300. The number of anilines is 1. The molecule has 162 valence electrons. The quantitative estimate of drug-likeness (QED) is 0.336. The van der Waals surface area contributed by atoms with Gasteiger partial charge in [0.25, 0.3) is 5.91 Å². The average molecular weight is 470 g/mol. The van der Waals surface area contributed by atoms with Crippen LogP contribution < -0.4 is 14.8 Å². The third-order valence-electron chi connectivity index (χ3n) is 4.67. The number of furan rings is 1. The molecular weight excluding hydrogens is 453 g/mol. The summed E-state index contributed by atoms with van der Waals surface area (Å²) in [5.74, 6) is 0.108. The van der Waals surface area contributed by atoms with E-state index in [0.29, 0.717) is 33.1 Å². The first kappa shape index (κ1) is 21.7. The molecule has 1 amide bonds.